The van der Waals surface area contributed by atoms with Crippen LogP contribution in [0.15, 0.2) is 24.3 Å². The Kier molecular flexibility index (Phi) is 50.6. The molecule has 6 nitrogen and oxygen atoms in total. The van der Waals surface area contributed by atoms with E-state index < -0.39 is 12.1 Å². The molecule has 1 amide bonds. The zero-order valence-corrected chi connectivity index (χ0v) is 41.6. The zero-order chi connectivity index (χ0) is 45.1. The Morgan fingerprint density at radius 1 is 0.435 bits per heavy atom. The fourth-order valence-corrected chi connectivity index (χ4v) is 8.45. The van der Waals surface area contributed by atoms with Gasteiger partial charge in [-0.2, -0.15) is 0 Å². The average molecular weight is 874 g/mol. The summed E-state index contributed by atoms with van der Waals surface area (Å²) in [5.41, 5.74) is 0. The van der Waals surface area contributed by atoms with Crippen molar-refractivity contribution in [1.29, 1.82) is 0 Å². The largest absolute Gasteiger partial charge is 0.466 e. The van der Waals surface area contributed by atoms with Gasteiger partial charge in [0.1, 0.15) is 0 Å². The molecule has 0 aromatic rings. The molecular formula is C56H107NO5. The molecule has 2 unspecified atom stereocenters. The van der Waals surface area contributed by atoms with Gasteiger partial charge in [-0.05, 0) is 57.8 Å². The minimum atomic E-state index is -0.843. The molecule has 62 heavy (non-hydrogen) atoms. The van der Waals surface area contributed by atoms with Crippen LogP contribution in [0.3, 0.4) is 0 Å². The van der Waals surface area contributed by atoms with Gasteiger partial charge in [-0.25, -0.2) is 0 Å². The number of hydrogen-bond acceptors (Lipinski definition) is 5. The summed E-state index contributed by atoms with van der Waals surface area (Å²) in [6.07, 6.45) is 62.0. The maximum Gasteiger partial charge on any atom is 0.305 e. The number of hydrogen-bond donors (Lipinski definition) is 3. The lowest BCUT2D eigenvalue weighted by molar-refractivity contribution is -0.143. The third-order valence-electron chi connectivity index (χ3n) is 12.7. The van der Waals surface area contributed by atoms with Gasteiger partial charge in [0.2, 0.25) is 5.91 Å². The number of carbonyl (C=O) groups excluding carboxylic acids is 2. The van der Waals surface area contributed by atoms with Crippen molar-refractivity contribution < 1.29 is 24.5 Å². The number of esters is 1. The van der Waals surface area contributed by atoms with Crippen molar-refractivity contribution in [2.75, 3.05) is 13.2 Å². The highest BCUT2D eigenvalue weighted by molar-refractivity contribution is 5.76. The molecule has 0 fully saturated rings. The van der Waals surface area contributed by atoms with E-state index in [1.54, 1.807) is 6.08 Å². The number of carbonyl (C=O) groups is 2. The summed E-state index contributed by atoms with van der Waals surface area (Å²) in [6.45, 7) is 4.87. The molecule has 0 saturated carbocycles. The zero-order valence-electron chi connectivity index (χ0n) is 41.6. The fourth-order valence-electron chi connectivity index (χ4n) is 8.45. The van der Waals surface area contributed by atoms with Crippen LogP contribution >= 0.6 is 0 Å². The van der Waals surface area contributed by atoms with Gasteiger partial charge < -0.3 is 20.3 Å². The number of allylic oxidation sites excluding steroid dienone is 3. The molecular weight excluding hydrogens is 767 g/mol. The Hall–Kier alpha value is -1.66. The lowest BCUT2D eigenvalue weighted by Crippen LogP contribution is -2.45. The summed E-state index contributed by atoms with van der Waals surface area (Å²) < 4.78 is 5.48. The lowest BCUT2D eigenvalue weighted by Gasteiger charge is -2.20. The summed E-state index contributed by atoms with van der Waals surface area (Å²) in [5, 5.41) is 22.9. The van der Waals surface area contributed by atoms with Gasteiger partial charge in [-0.1, -0.05) is 250 Å². The number of aliphatic hydroxyl groups excluding tert-OH is 2. The Morgan fingerprint density at radius 2 is 0.758 bits per heavy atom. The molecule has 0 aromatic heterocycles. The molecule has 0 bridgehead atoms. The second kappa shape index (κ2) is 52.0. The van der Waals surface area contributed by atoms with Crippen LogP contribution in [0, 0.1) is 0 Å². The normalized spacial score (nSPS) is 12.8. The highest BCUT2D eigenvalue weighted by Crippen LogP contribution is 2.16. The maximum absolute atomic E-state index is 12.4. The maximum atomic E-state index is 12.4. The van der Waals surface area contributed by atoms with Crippen molar-refractivity contribution in [2.45, 2.75) is 309 Å². The molecule has 0 aromatic carbocycles. The predicted octanol–water partition coefficient (Wildman–Crippen LogP) is 16.7. The van der Waals surface area contributed by atoms with E-state index in [1.807, 2.05) is 6.08 Å². The molecule has 0 spiro atoms. The number of amides is 1. The topological polar surface area (TPSA) is 95.9 Å². The fraction of sp³-hybridized carbons (Fsp3) is 0.893. The first kappa shape index (κ1) is 60.3. The molecule has 3 N–H and O–H groups in total. The number of unbranched alkanes of at least 4 members (excludes halogenated alkanes) is 38. The van der Waals surface area contributed by atoms with E-state index in [2.05, 4.69) is 31.3 Å². The third kappa shape index (κ3) is 47.8. The lowest BCUT2D eigenvalue weighted by atomic mass is 10.0. The predicted molar refractivity (Wildman–Crippen MR) is 269 cm³/mol. The number of ether oxygens (including phenoxy) is 1. The van der Waals surface area contributed by atoms with E-state index in [0.717, 1.165) is 44.9 Å². The van der Waals surface area contributed by atoms with Gasteiger partial charge in [0.05, 0.1) is 25.4 Å². The monoisotopic (exact) mass is 874 g/mol. The molecule has 366 valence electrons. The Labute approximate surface area is 386 Å². The van der Waals surface area contributed by atoms with Crippen LogP contribution < -0.4 is 5.32 Å². The number of nitrogens with one attached hydrogen (secondary N) is 1. The summed E-state index contributed by atoms with van der Waals surface area (Å²) in [4.78, 5) is 24.4. The molecule has 0 aliphatic rings. The molecule has 0 aliphatic carbocycles. The molecule has 0 saturated heterocycles. The quantitative estimate of drug-likeness (QED) is 0.0321. The van der Waals surface area contributed by atoms with Crippen LogP contribution in [0.5, 0.6) is 0 Å². The van der Waals surface area contributed by atoms with E-state index in [-0.39, 0.29) is 18.5 Å². The Bertz CT molecular complexity index is 966. The van der Waals surface area contributed by atoms with Gasteiger partial charge in [-0.15, -0.1) is 0 Å². The van der Waals surface area contributed by atoms with Gasteiger partial charge in [0.15, 0.2) is 0 Å². The molecule has 2 atom stereocenters. The van der Waals surface area contributed by atoms with Gasteiger partial charge >= 0.3 is 5.97 Å². The first-order valence-electron chi connectivity index (χ1n) is 27.6. The van der Waals surface area contributed by atoms with Crippen molar-refractivity contribution in [3.8, 4) is 0 Å². The second-order valence-corrected chi connectivity index (χ2v) is 18.9. The summed E-state index contributed by atoms with van der Waals surface area (Å²) >= 11 is 0. The first-order chi connectivity index (χ1) is 30.5. The second-order valence-electron chi connectivity index (χ2n) is 18.9. The highest BCUT2D eigenvalue weighted by Gasteiger charge is 2.18. The van der Waals surface area contributed by atoms with E-state index in [4.69, 9.17) is 4.74 Å². The smallest absolute Gasteiger partial charge is 0.305 e. The number of aliphatic hydroxyl groups is 2. The van der Waals surface area contributed by atoms with Crippen molar-refractivity contribution in [3.63, 3.8) is 0 Å². The van der Waals surface area contributed by atoms with Gasteiger partial charge in [0, 0.05) is 12.8 Å². The van der Waals surface area contributed by atoms with Crippen LogP contribution in [0.2, 0.25) is 0 Å². The molecule has 0 aliphatic heterocycles. The molecule has 0 rings (SSSR count). The van der Waals surface area contributed by atoms with Gasteiger partial charge in [-0.3, -0.25) is 9.59 Å². The van der Waals surface area contributed by atoms with Crippen LogP contribution in [-0.2, 0) is 14.3 Å². The number of rotatable bonds is 51. The van der Waals surface area contributed by atoms with Crippen molar-refractivity contribution in [3.05, 3.63) is 24.3 Å². The van der Waals surface area contributed by atoms with Crippen molar-refractivity contribution in [2.24, 2.45) is 0 Å². The summed E-state index contributed by atoms with van der Waals surface area (Å²) in [6, 6.07) is -0.627. The molecule has 0 heterocycles. The van der Waals surface area contributed by atoms with Crippen molar-refractivity contribution >= 4 is 11.9 Å². The average Bonchev–Trinajstić information content (AvgIpc) is 3.27. The van der Waals surface area contributed by atoms with Crippen molar-refractivity contribution in [1.82, 2.24) is 5.32 Å². The summed E-state index contributed by atoms with van der Waals surface area (Å²) in [5.74, 6) is -0.0703. The minimum absolute atomic E-state index is 0.00222. The molecule has 0 radical (unpaired) electrons. The van der Waals surface area contributed by atoms with E-state index in [9.17, 15) is 19.8 Å². The standard InChI is InChI=1S/C56H107NO5/c1-3-5-7-9-11-13-14-15-16-24-27-30-34-38-42-46-50-56(61)62-51-47-43-39-35-31-28-25-22-20-18-17-19-21-23-26-29-33-37-41-45-49-55(60)57-53(52-58)54(59)48-44-40-36-32-12-10-8-6-4-2/h16,24,44,48,53-54,58-59H,3-15,17-23,25-43,45-47,49-52H2,1-2H3,(H,57,60)/b24-16-,48-44+. The van der Waals surface area contributed by atoms with Gasteiger partial charge in [0.25, 0.3) is 0 Å². The SMILES string of the molecule is CCCCCCCCC/C=C\CCCCCCCC(=O)OCCCCCCCCCCCCCCCCCCCCCCC(=O)NC(CO)C(O)/C=C/CCCCCCCCC. The third-order valence-corrected chi connectivity index (χ3v) is 12.7. The van der Waals surface area contributed by atoms with Crippen LogP contribution in [0.25, 0.3) is 0 Å². The Morgan fingerprint density at radius 3 is 1.15 bits per heavy atom. The van der Waals surface area contributed by atoms with E-state index in [1.165, 1.54) is 225 Å². The highest BCUT2D eigenvalue weighted by atomic mass is 16.5. The van der Waals surface area contributed by atoms with E-state index in [0.29, 0.717) is 19.4 Å². The van der Waals surface area contributed by atoms with Crippen LogP contribution in [0.4, 0.5) is 0 Å². The molecule has 6 heteroatoms. The Balaban J connectivity index is 3.37. The minimum Gasteiger partial charge on any atom is -0.466 e. The first-order valence-corrected chi connectivity index (χ1v) is 27.6. The summed E-state index contributed by atoms with van der Waals surface area (Å²) in [7, 11) is 0. The van der Waals surface area contributed by atoms with Crippen LogP contribution in [0.1, 0.15) is 296 Å². The van der Waals surface area contributed by atoms with E-state index >= 15 is 0 Å². The van der Waals surface area contributed by atoms with Crippen LogP contribution in [-0.4, -0.2) is 47.4 Å².